The highest BCUT2D eigenvalue weighted by molar-refractivity contribution is 7.92. The highest BCUT2D eigenvalue weighted by Crippen LogP contribution is 2.22. The van der Waals surface area contributed by atoms with Crippen LogP contribution >= 0.6 is 0 Å². The molecule has 1 N–H and O–H groups in total. The van der Waals surface area contributed by atoms with Crippen molar-refractivity contribution in [3.63, 3.8) is 0 Å². The fraction of sp³-hybridized carbons (Fsp3) is 0.517. The van der Waals surface area contributed by atoms with Crippen molar-refractivity contribution >= 4 is 27.5 Å². The van der Waals surface area contributed by atoms with Gasteiger partial charge in [-0.1, -0.05) is 50.2 Å². The van der Waals surface area contributed by atoms with Crippen LogP contribution in [0.4, 0.5) is 5.69 Å². The predicted molar refractivity (Wildman–Crippen MR) is 151 cm³/mol. The monoisotopic (exact) mass is 529 g/mol. The number of hydrogen-bond acceptors (Lipinski definition) is 4. The van der Waals surface area contributed by atoms with Crippen molar-refractivity contribution < 1.29 is 18.0 Å². The van der Waals surface area contributed by atoms with Crippen LogP contribution < -0.4 is 9.62 Å². The molecule has 2 amide bonds. The van der Waals surface area contributed by atoms with Crippen molar-refractivity contribution in [1.29, 1.82) is 0 Å². The summed E-state index contributed by atoms with van der Waals surface area (Å²) in [5.41, 5.74) is 3.78. The first-order valence-electron chi connectivity index (χ1n) is 13.2. The number of sulfonamides is 1. The Hall–Kier alpha value is -2.87. The molecule has 0 radical (unpaired) electrons. The van der Waals surface area contributed by atoms with Crippen molar-refractivity contribution in [2.75, 3.05) is 23.7 Å². The van der Waals surface area contributed by atoms with Gasteiger partial charge >= 0.3 is 0 Å². The third-order valence-electron chi connectivity index (χ3n) is 6.80. The summed E-state index contributed by atoms with van der Waals surface area (Å²) in [6.07, 6.45) is 3.63. The Bertz CT molecular complexity index is 1140. The van der Waals surface area contributed by atoms with Crippen LogP contribution in [0.15, 0.2) is 48.5 Å². The average molecular weight is 530 g/mol. The lowest BCUT2D eigenvalue weighted by molar-refractivity contribution is -0.141. The van der Waals surface area contributed by atoms with Gasteiger partial charge in [0, 0.05) is 25.6 Å². The Morgan fingerprint density at radius 2 is 1.62 bits per heavy atom. The average Bonchev–Trinajstić information content (AvgIpc) is 2.85. The molecule has 2 rings (SSSR count). The molecular formula is C29H43N3O4S. The van der Waals surface area contributed by atoms with Gasteiger partial charge in [-0.3, -0.25) is 13.9 Å². The largest absolute Gasteiger partial charge is 0.352 e. The van der Waals surface area contributed by atoms with E-state index in [9.17, 15) is 18.0 Å². The smallest absolute Gasteiger partial charge is 0.243 e. The predicted octanol–water partition coefficient (Wildman–Crippen LogP) is 4.61. The molecule has 0 aliphatic heterocycles. The van der Waals surface area contributed by atoms with Crippen LogP contribution in [-0.2, 0) is 26.0 Å². The van der Waals surface area contributed by atoms with Crippen LogP contribution in [0, 0.1) is 13.8 Å². The van der Waals surface area contributed by atoms with E-state index in [-0.39, 0.29) is 30.8 Å². The number of nitrogens with one attached hydrogen (secondary N) is 1. The fourth-order valence-corrected chi connectivity index (χ4v) is 5.18. The molecule has 0 spiro atoms. The maximum atomic E-state index is 13.5. The summed E-state index contributed by atoms with van der Waals surface area (Å²) in [7, 11) is -3.52. The van der Waals surface area contributed by atoms with Gasteiger partial charge in [-0.15, -0.1) is 0 Å². The number of benzene rings is 2. The fourth-order valence-electron chi connectivity index (χ4n) is 4.22. The Morgan fingerprint density at radius 1 is 0.946 bits per heavy atom. The SMILES string of the molecule is CC[C@H](C)NC(=O)[C@H](CC)N(CCc1ccccc1)C(=O)CCCN(c1ccc(C)c(C)c1)S(C)(=O)=O. The quantitative estimate of drug-likeness (QED) is 0.387. The zero-order valence-corrected chi connectivity index (χ0v) is 24.0. The summed E-state index contributed by atoms with van der Waals surface area (Å²) in [4.78, 5) is 28.2. The zero-order chi connectivity index (χ0) is 27.6. The van der Waals surface area contributed by atoms with E-state index in [0.717, 1.165) is 23.1 Å². The first kappa shape index (κ1) is 30.4. The van der Waals surface area contributed by atoms with E-state index in [1.807, 2.05) is 77.1 Å². The number of hydrogen-bond donors (Lipinski definition) is 1. The van der Waals surface area contributed by atoms with E-state index in [0.29, 0.717) is 31.5 Å². The molecular weight excluding hydrogens is 486 g/mol. The number of amides is 2. The normalized spacial score (nSPS) is 13.0. The highest BCUT2D eigenvalue weighted by atomic mass is 32.2. The number of nitrogens with zero attached hydrogens (tertiary/aromatic N) is 2. The summed E-state index contributed by atoms with van der Waals surface area (Å²) in [6, 6.07) is 14.9. The molecule has 37 heavy (non-hydrogen) atoms. The number of anilines is 1. The van der Waals surface area contributed by atoms with E-state index >= 15 is 0 Å². The summed E-state index contributed by atoms with van der Waals surface area (Å²) in [6.45, 7) is 10.4. The molecule has 7 nitrogen and oxygen atoms in total. The van der Waals surface area contributed by atoms with Crippen LogP contribution in [0.5, 0.6) is 0 Å². The Kier molecular flexibility index (Phi) is 11.6. The molecule has 204 valence electrons. The maximum absolute atomic E-state index is 13.5. The van der Waals surface area contributed by atoms with Gasteiger partial charge in [-0.2, -0.15) is 0 Å². The summed E-state index contributed by atoms with van der Waals surface area (Å²) in [5, 5.41) is 3.02. The van der Waals surface area contributed by atoms with Crippen molar-refractivity contribution in [3.8, 4) is 0 Å². The molecule has 0 unspecified atom stereocenters. The van der Waals surface area contributed by atoms with E-state index < -0.39 is 16.1 Å². The summed E-state index contributed by atoms with van der Waals surface area (Å²) in [5.74, 6) is -0.290. The second-order valence-corrected chi connectivity index (χ2v) is 11.7. The van der Waals surface area contributed by atoms with Gasteiger partial charge in [0.1, 0.15) is 6.04 Å². The molecule has 0 aliphatic rings. The van der Waals surface area contributed by atoms with Gasteiger partial charge in [-0.05, 0) is 75.3 Å². The van der Waals surface area contributed by atoms with Crippen molar-refractivity contribution in [3.05, 3.63) is 65.2 Å². The first-order chi connectivity index (χ1) is 17.5. The number of aryl methyl sites for hydroxylation is 2. The van der Waals surface area contributed by atoms with Crippen molar-refractivity contribution in [1.82, 2.24) is 10.2 Å². The van der Waals surface area contributed by atoms with Crippen LogP contribution in [0.1, 0.15) is 63.1 Å². The molecule has 0 saturated heterocycles. The topological polar surface area (TPSA) is 86.8 Å². The molecule has 0 aliphatic carbocycles. The van der Waals surface area contributed by atoms with Crippen molar-refractivity contribution in [2.45, 2.75) is 78.8 Å². The molecule has 0 heterocycles. The zero-order valence-electron chi connectivity index (χ0n) is 23.2. The molecule has 0 fully saturated rings. The van der Waals surface area contributed by atoms with Crippen LogP contribution in [-0.4, -0.2) is 56.6 Å². The number of carbonyl (C=O) groups is 2. The molecule has 8 heteroatoms. The van der Waals surface area contributed by atoms with Gasteiger partial charge in [0.05, 0.1) is 11.9 Å². The van der Waals surface area contributed by atoms with Crippen LogP contribution in [0.2, 0.25) is 0 Å². The van der Waals surface area contributed by atoms with E-state index in [1.54, 1.807) is 11.0 Å². The summed E-state index contributed by atoms with van der Waals surface area (Å²) < 4.78 is 26.5. The molecule has 0 aromatic heterocycles. The third-order valence-corrected chi connectivity index (χ3v) is 8.00. The van der Waals surface area contributed by atoms with Gasteiger partial charge in [0.25, 0.3) is 0 Å². The summed E-state index contributed by atoms with van der Waals surface area (Å²) >= 11 is 0. The minimum Gasteiger partial charge on any atom is -0.352 e. The van der Waals surface area contributed by atoms with Gasteiger partial charge in [-0.25, -0.2) is 8.42 Å². The minimum absolute atomic E-state index is 0.0221. The standard InChI is InChI=1S/C29H43N3O4S/c1-7-24(5)30-29(34)27(8-2)31(20-18-25-13-10-9-11-14-25)28(33)15-12-19-32(37(6,35)36)26-17-16-22(3)23(4)21-26/h9-11,13-14,16-17,21,24,27H,7-8,12,15,18-20H2,1-6H3,(H,30,34)/t24-,27-/m0/s1. The van der Waals surface area contributed by atoms with Gasteiger partial charge in [0.15, 0.2) is 0 Å². The number of rotatable bonds is 14. The molecule has 2 aromatic carbocycles. The lowest BCUT2D eigenvalue weighted by Crippen LogP contribution is -2.51. The minimum atomic E-state index is -3.52. The first-order valence-corrected chi connectivity index (χ1v) is 15.0. The van der Waals surface area contributed by atoms with Gasteiger partial charge < -0.3 is 10.2 Å². The Balaban J connectivity index is 2.18. The third kappa shape index (κ3) is 9.18. The van der Waals surface area contributed by atoms with E-state index in [1.165, 1.54) is 10.6 Å². The second-order valence-electron chi connectivity index (χ2n) is 9.77. The molecule has 2 aromatic rings. The maximum Gasteiger partial charge on any atom is 0.243 e. The molecule has 2 atom stereocenters. The number of carbonyl (C=O) groups excluding carboxylic acids is 2. The van der Waals surface area contributed by atoms with Crippen LogP contribution in [0.3, 0.4) is 0 Å². The van der Waals surface area contributed by atoms with E-state index in [2.05, 4.69) is 5.32 Å². The van der Waals surface area contributed by atoms with Crippen LogP contribution in [0.25, 0.3) is 0 Å². The molecule has 0 saturated carbocycles. The lowest BCUT2D eigenvalue weighted by atomic mass is 10.1. The highest BCUT2D eigenvalue weighted by Gasteiger charge is 2.29. The Labute approximate surface area is 223 Å². The lowest BCUT2D eigenvalue weighted by Gasteiger charge is -2.32. The molecule has 0 bridgehead atoms. The second kappa shape index (κ2) is 14.2. The Morgan fingerprint density at radius 3 is 2.19 bits per heavy atom. The van der Waals surface area contributed by atoms with Crippen molar-refractivity contribution in [2.24, 2.45) is 0 Å². The van der Waals surface area contributed by atoms with E-state index in [4.69, 9.17) is 0 Å². The van der Waals surface area contributed by atoms with Gasteiger partial charge in [0.2, 0.25) is 21.8 Å².